The van der Waals surface area contributed by atoms with Gasteiger partial charge in [0.1, 0.15) is 0 Å². The van der Waals surface area contributed by atoms with Crippen molar-refractivity contribution in [3.8, 4) is 0 Å². The molecule has 19 heavy (non-hydrogen) atoms. The highest BCUT2D eigenvalue weighted by Gasteiger charge is 2.35. The third-order valence-corrected chi connectivity index (χ3v) is 5.22. The van der Waals surface area contributed by atoms with Gasteiger partial charge >= 0.3 is 0 Å². The van der Waals surface area contributed by atoms with Crippen LogP contribution < -0.4 is 0 Å². The Hall–Kier alpha value is -1.03. The van der Waals surface area contributed by atoms with Gasteiger partial charge in [0.05, 0.1) is 11.1 Å². The Bertz CT molecular complexity index is 406. The molecule has 3 nitrogen and oxygen atoms in total. The second-order valence-corrected chi connectivity index (χ2v) is 6.08. The number of carbonyl (C=O) groups is 1. The molecule has 1 atom stereocenters. The summed E-state index contributed by atoms with van der Waals surface area (Å²) >= 11 is 1.81. The number of amides is 1. The summed E-state index contributed by atoms with van der Waals surface area (Å²) in [5.41, 5.74) is 1.20. The van der Waals surface area contributed by atoms with Crippen molar-refractivity contribution in [2.24, 2.45) is 5.92 Å². The number of rotatable bonds is 6. The molecule has 0 spiro atoms. The van der Waals surface area contributed by atoms with Crippen LogP contribution in [0.4, 0.5) is 0 Å². The first-order valence-electron chi connectivity index (χ1n) is 7.06. The molecule has 0 radical (unpaired) electrons. The SMILES string of the molecule is CCC(CC)C1SCC(=O)N1CCc1cccnc1. The van der Waals surface area contributed by atoms with E-state index in [0.717, 1.165) is 25.8 Å². The zero-order valence-corrected chi connectivity index (χ0v) is 12.5. The number of thioether (sulfide) groups is 1. The van der Waals surface area contributed by atoms with Gasteiger partial charge < -0.3 is 4.90 Å². The summed E-state index contributed by atoms with van der Waals surface area (Å²) in [5, 5.41) is 0.374. The van der Waals surface area contributed by atoms with Gasteiger partial charge in [-0.1, -0.05) is 32.8 Å². The van der Waals surface area contributed by atoms with Gasteiger partial charge in [-0.25, -0.2) is 0 Å². The average Bonchev–Trinajstić information content (AvgIpc) is 2.81. The van der Waals surface area contributed by atoms with Crippen LogP contribution in [0.3, 0.4) is 0 Å². The molecule has 1 amide bonds. The second-order valence-electron chi connectivity index (χ2n) is 4.98. The number of hydrogen-bond acceptors (Lipinski definition) is 3. The molecular weight excluding hydrogens is 256 g/mol. The molecular formula is C15H22N2OS. The van der Waals surface area contributed by atoms with Crippen molar-refractivity contribution in [2.45, 2.75) is 38.5 Å². The largest absolute Gasteiger partial charge is 0.329 e. The lowest BCUT2D eigenvalue weighted by Crippen LogP contribution is -2.38. The predicted octanol–water partition coefficient (Wildman–Crippen LogP) is 2.96. The predicted molar refractivity (Wildman–Crippen MR) is 80.0 cm³/mol. The average molecular weight is 278 g/mol. The van der Waals surface area contributed by atoms with Crippen LogP contribution >= 0.6 is 11.8 Å². The molecule has 1 aromatic rings. The first-order valence-corrected chi connectivity index (χ1v) is 8.11. The normalized spacial score (nSPS) is 19.4. The van der Waals surface area contributed by atoms with Crippen molar-refractivity contribution in [1.82, 2.24) is 9.88 Å². The first kappa shape index (κ1) is 14.4. The Morgan fingerprint density at radius 2 is 2.26 bits per heavy atom. The van der Waals surface area contributed by atoms with Gasteiger partial charge in [-0.2, -0.15) is 0 Å². The lowest BCUT2D eigenvalue weighted by molar-refractivity contribution is -0.128. The van der Waals surface area contributed by atoms with Crippen LogP contribution in [0.1, 0.15) is 32.3 Å². The fourth-order valence-corrected chi connectivity index (χ4v) is 4.14. The number of nitrogens with zero attached hydrogens (tertiary/aromatic N) is 2. The van der Waals surface area contributed by atoms with E-state index in [2.05, 4.69) is 29.8 Å². The number of hydrogen-bond donors (Lipinski definition) is 0. The molecule has 2 rings (SSSR count). The van der Waals surface area contributed by atoms with Crippen LogP contribution in [0, 0.1) is 5.92 Å². The third-order valence-electron chi connectivity index (χ3n) is 3.82. The summed E-state index contributed by atoms with van der Waals surface area (Å²) in [6.07, 6.45) is 6.86. The molecule has 0 bridgehead atoms. The topological polar surface area (TPSA) is 33.2 Å². The second kappa shape index (κ2) is 6.94. The highest BCUT2D eigenvalue weighted by molar-refractivity contribution is 8.01. The van der Waals surface area contributed by atoms with Crippen molar-refractivity contribution in [3.05, 3.63) is 30.1 Å². The Morgan fingerprint density at radius 1 is 1.47 bits per heavy atom. The molecule has 0 N–H and O–H groups in total. The number of aromatic nitrogens is 1. The molecule has 4 heteroatoms. The molecule has 104 valence electrons. The minimum atomic E-state index is 0.297. The van der Waals surface area contributed by atoms with Gasteiger partial charge in [-0.05, 0) is 24.0 Å². The van der Waals surface area contributed by atoms with Gasteiger partial charge in [-0.15, -0.1) is 11.8 Å². The maximum absolute atomic E-state index is 12.0. The van der Waals surface area contributed by atoms with E-state index in [9.17, 15) is 4.79 Å². The molecule has 1 aliphatic heterocycles. The maximum atomic E-state index is 12.0. The van der Waals surface area contributed by atoms with Gasteiger partial charge in [0.25, 0.3) is 0 Å². The summed E-state index contributed by atoms with van der Waals surface area (Å²) in [6.45, 7) is 5.26. The summed E-state index contributed by atoms with van der Waals surface area (Å²) in [7, 11) is 0. The van der Waals surface area contributed by atoms with Crippen LogP contribution in [0.25, 0.3) is 0 Å². The molecule has 0 saturated carbocycles. The molecule has 1 aromatic heterocycles. The fourth-order valence-electron chi connectivity index (χ4n) is 2.60. The molecule has 1 unspecified atom stereocenters. The van der Waals surface area contributed by atoms with E-state index in [1.54, 1.807) is 6.20 Å². The molecule has 2 heterocycles. The van der Waals surface area contributed by atoms with E-state index in [1.807, 2.05) is 24.0 Å². The van der Waals surface area contributed by atoms with Crippen molar-refractivity contribution in [1.29, 1.82) is 0 Å². The van der Waals surface area contributed by atoms with E-state index < -0.39 is 0 Å². The Balaban J connectivity index is 1.98. The lowest BCUT2D eigenvalue weighted by atomic mass is 10.0. The zero-order chi connectivity index (χ0) is 13.7. The van der Waals surface area contributed by atoms with E-state index in [4.69, 9.17) is 0 Å². The summed E-state index contributed by atoms with van der Waals surface area (Å²) in [6, 6.07) is 4.03. The lowest BCUT2D eigenvalue weighted by Gasteiger charge is -2.29. The monoisotopic (exact) mass is 278 g/mol. The quantitative estimate of drug-likeness (QED) is 0.802. The van der Waals surface area contributed by atoms with Crippen molar-refractivity contribution in [3.63, 3.8) is 0 Å². The van der Waals surface area contributed by atoms with Gasteiger partial charge in [-0.3, -0.25) is 9.78 Å². The number of carbonyl (C=O) groups excluding carboxylic acids is 1. The van der Waals surface area contributed by atoms with Crippen LogP contribution in [-0.4, -0.2) is 33.5 Å². The molecule has 0 aliphatic carbocycles. The highest BCUT2D eigenvalue weighted by atomic mass is 32.2. The Labute approximate surface area is 119 Å². The highest BCUT2D eigenvalue weighted by Crippen LogP contribution is 2.34. The Kier molecular flexibility index (Phi) is 5.25. The fraction of sp³-hybridized carbons (Fsp3) is 0.600. The Morgan fingerprint density at radius 3 is 2.89 bits per heavy atom. The minimum Gasteiger partial charge on any atom is -0.329 e. The standard InChI is InChI=1S/C15H22N2OS/c1-3-13(4-2)15-17(14(18)11-19-15)9-7-12-6-5-8-16-10-12/h5-6,8,10,13,15H,3-4,7,9,11H2,1-2H3. The number of pyridine rings is 1. The maximum Gasteiger partial charge on any atom is 0.233 e. The molecule has 1 saturated heterocycles. The zero-order valence-electron chi connectivity index (χ0n) is 11.7. The van der Waals surface area contributed by atoms with E-state index in [1.165, 1.54) is 5.56 Å². The van der Waals surface area contributed by atoms with E-state index in [-0.39, 0.29) is 0 Å². The van der Waals surface area contributed by atoms with E-state index >= 15 is 0 Å². The van der Waals surface area contributed by atoms with Crippen LogP contribution in [-0.2, 0) is 11.2 Å². The van der Waals surface area contributed by atoms with Crippen molar-refractivity contribution < 1.29 is 4.79 Å². The van der Waals surface area contributed by atoms with Gasteiger partial charge in [0.2, 0.25) is 5.91 Å². The smallest absolute Gasteiger partial charge is 0.233 e. The molecule has 1 fully saturated rings. The molecule has 0 aromatic carbocycles. The minimum absolute atomic E-state index is 0.297. The summed E-state index contributed by atoms with van der Waals surface area (Å²) < 4.78 is 0. The van der Waals surface area contributed by atoms with Gasteiger partial charge in [0.15, 0.2) is 0 Å². The van der Waals surface area contributed by atoms with Crippen molar-refractivity contribution in [2.75, 3.05) is 12.3 Å². The van der Waals surface area contributed by atoms with Gasteiger partial charge in [0, 0.05) is 18.9 Å². The van der Waals surface area contributed by atoms with Crippen LogP contribution in [0.5, 0.6) is 0 Å². The first-order chi connectivity index (χ1) is 9.26. The summed E-state index contributed by atoms with van der Waals surface area (Å²) in [5.74, 6) is 1.56. The van der Waals surface area contributed by atoms with Crippen LogP contribution in [0.2, 0.25) is 0 Å². The van der Waals surface area contributed by atoms with Crippen LogP contribution in [0.15, 0.2) is 24.5 Å². The van der Waals surface area contributed by atoms with Crippen molar-refractivity contribution >= 4 is 17.7 Å². The summed E-state index contributed by atoms with van der Waals surface area (Å²) in [4.78, 5) is 18.2. The third kappa shape index (κ3) is 3.50. The van der Waals surface area contributed by atoms with E-state index in [0.29, 0.717) is 23.0 Å². The molecule has 1 aliphatic rings.